The highest BCUT2D eigenvalue weighted by Gasteiger charge is 2.38. The molecule has 0 radical (unpaired) electrons. The first kappa shape index (κ1) is 13.7. The summed E-state index contributed by atoms with van der Waals surface area (Å²) in [5, 5.41) is 22.6. The molecule has 1 amide bonds. The SMILES string of the molecule is CC(=O)Nc1csc2c1C(=O)C(C(O)C(=O)O)CC2. The van der Waals surface area contributed by atoms with Crippen LogP contribution in [0.4, 0.5) is 5.69 Å². The second kappa shape index (κ2) is 5.10. The summed E-state index contributed by atoms with van der Waals surface area (Å²) in [4.78, 5) is 34.9. The van der Waals surface area contributed by atoms with E-state index >= 15 is 0 Å². The van der Waals surface area contributed by atoms with Crippen LogP contribution in [-0.2, 0) is 16.0 Å². The third kappa shape index (κ3) is 2.52. The molecule has 0 spiro atoms. The first-order chi connectivity index (χ1) is 8.91. The van der Waals surface area contributed by atoms with Crippen LogP contribution in [0.5, 0.6) is 0 Å². The summed E-state index contributed by atoms with van der Waals surface area (Å²) in [6.07, 6.45) is -0.870. The number of aliphatic hydroxyl groups is 1. The van der Waals surface area contributed by atoms with Gasteiger partial charge in [0.15, 0.2) is 11.9 Å². The monoisotopic (exact) mass is 283 g/mol. The van der Waals surface area contributed by atoms with Gasteiger partial charge in [0, 0.05) is 17.2 Å². The van der Waals surface area contributed by atoms with Crippen molar-refractivity contribution in [2.75, 3.05) is 5.32 Å². The molecule has 1 heterocycles. The lowest BCUT2D eigenvalue weighted by Gasteiger charge is -2.23. The Morgan fingerprint density at radius 2 is 2.21 bits per heavy atom. The summed E-state index contributed by atoms with van der Waals surface area (Å²) in [6.45, 7) is 1.33. The Morgan fingerprint density at radius 1 is 1.53 bits per heavy atom. The van der Waals surface area contributed by atoms with E-state index in [-0.39, 0.29) is 5.91 Å². The number of carbonyl (C=O) groups excluding carboxylic acids is 2. The van der Waals surface area contributed by atoms with E-state index in [1.165, 1.54) is 18.3 Å². The van der Waals surface area contributed by atoms with Crippen molar-refractivity contribution < 1.29 is 24.6 Å². The minimum atomic E-state index is -1.70. The van der Waals surface area contributed by atoms with Crippen molar-refractivity contribution in [1.82, 2.24) is 0 Å². The number of carboxylic acids is 1. The van der Waals surface area contributed by atoms with Crippen LogP contribution in [-0.4, -0.2) is 34.0 Å². The summed E-state index contributed by atoms with van der Waals surface area (Å²) in [6, 6.07) is 0. The van der Waals surface area contributed by atoms with E-state index in [2.05, 4.69) is 5.32 Å². The van der Waals surface area contributed by atoms with E-state index < -0.39 is 23.8 Å². The average Bonchev–Trinajstić information content (AvgIpc) is 2.72. The maximum atomic E-state index is 12.3. The highest BCUT2D eigenvalue weighted by atomic mass is 32.1. The van der Waals surface area contributed by atoms with E-state index in [0.717, 1.165) is 4.88 Å². The highest BCUT2D eigenvalue weighted by molar-refractivity contribution is 7.11. The van der Waals surface area contributed by atoms with E-state index in [1.54, 1.807) is 5.38 Å². The predicted octanol–water partition coefficient (Wildman–Crippen LogP) is 0.897. The molecule has 7 heteroatoms. The fourth-order valence-corrected chi connectivity index (χ4v) is 3.21. The zero-order valence-electron chi connectivity index (χ0n) is 10.2. The predicted molar refractivity (Wildman–Crippen MR) is 68.4 cm³/mol. The number of thiophene rings is 1. The maximum Gasteiger partial charge on any atom is 0.333 e. The van der Waals surface area contributed by atoms with E-state index in [4.69, 9.17) is 5.11 Å². The van der Waals surface area contributed by atoms with Crippen LogP contribution in [0.25, 0.3) is 0 Å². The van der Waals surface area contributed by atoms with Gasteiger partial charge in [-0.2, -0.15) is 0 Å². The molecule has 0 bridgehead atoms. The van der Waals surface area contributed by atoms with Crippen LogP contribution >= 0.6 is 11.3 Å². The molecular formula is C12H13NO5S. The topological polar surface area (TPSA) is 104 Å². The number of aliphatic carboxylic acids is 1. The number of carbonyl (C=O) groups is 3. The van der Waals surface area contributed by atoms with Crippen molar-refractivity contribution >= 4 is 34.7 Å². The van der Waals surface area contributed by atoms with Crippen LogP contribution in [0, 0.1) is 5.92 Å². The van der Waals surface area contributed by atoms with Gasteiger partial charge in [-0.05, 0) is 12.8 Å². The summed E-state index contributed by atoms with van der Waals surface area (Å²) < 4.78 is 0. The Hall–Kier alpha value is -1.73. The number of Topliss-reactive ketones (excluding diaryl/α,β-unsaturated/α-hetero) is 1. The third-order valence-corrected chi connectivity index (χ3v) is 4.12. The molecule has 1 aliphatic rings. The zero-order chi connectivity index (χ0) is 14.2. The van der Waals surface area contributed by atoms with Crippen LogP contribution in [0.3, 0.4) is 0 Å². The first-order valence-electron chi connectivity index (χ1n) is 5.75. The second-order valence-electron chi connectivity index (χ2n) is 4.42. The van der Waals surface area contributed by atoms with Crippen molar-refractivity contribution in [2.45, 2.75) is 25.9 Å². The van der Waals surface area contributed by atoms with Gasteiger partial charge in [0.1, 0.15) is 0 Å². The van der Waals surface area contributed by atoms with Gasteiger partial charge in [-0.15, -0.1) is 11.3 Å². The third-order valence-electron chi connectivity index (χ3n) is 3.08. The van der Waals surface area contributed by atoms with Gasteiger partial charge in [0.2, 0.25) is 5.91 Å². The Kier molecular flexibility index (Phi) is 3.68. The Labute approximate surface area is 113 Å². The molecule has 6 nitrogen and oxygen atoms in total. The fraction of sp³-hybridized carbons (Fsp3) is 0.417. The minimum Gasteiger partial charge on any atom is -0.479 e. The number of anilines is 1. The van der Waals surface area contributed by atoms with Crippen molar-refractivity contribution in [3.05, 3.63) is 15.8 Å². The first-order valence-corrected chi connectivity index (χ1v) is 6.62. The van der Waals surface area contributed by atoms with Crippen LogP contribution in [0.15, 0.2) is 5.38 Å². The van der Waals surface area contributed by atoms with Crippen molar-refractivity contribution in [1.29, 1.82) is 0 Å². The number of rotatable bonds is 3. The lowest BCUT2D eigenvalue weighted by molar-refractivity contribution is -0.148. The summed E-state index contributed by atoms with van der Waals surface area (Å²) in [5.74, 6) is -3.07. The van der Waals surface area contributed by atoms with Gasteiger partial charge in [0.05, 0.1) is 17.2 Å². The van der Waals surface area contributed by atoms with Gasteiger partial charge < -0.3 is 15.5 Å². The number of hydrogen-bond donors (Lipinski definition) is 3. The summed E-state index contributed by atoms with van der Waals surface area (Å²) >= 11 is 1.36. The second-order valence-corrected chi connectivity index (χ2v) is 5.39. The van der Waals surface area contributed by atoms with E-state index in [0.29, 0.717) is 24.1 Å². The van der Waals surface area contributed by atoms with Gasteiger partial charge in [-0.3, -0.25) is 9.59 Å². The maximum absolute atomic E-state index is 12.3. The molecule has 0 saturated heterocycles. The molecule has 0 aliphatic heterocycles. The Bertz CT molecular complexity index is 550. The standard InChI is InChI=1S/C12H13NO5S/c1-5(14)13-7-4-19-8-3-2-6(10(15)9(7)8)11(16)12(17)18/h4,6,11,16H,2-3H2,1H3,(H,13,14)(H,17,18). The van der Waals surface area contributed by atoms with Gasteiger partial charge in [0.25, 0.3) is 0 Å². The lowest BCUT2D eigenvalue weighted by atomic mass is 9.83. The van der Waals surface area contributed by atoms with Gasteiger partial charge in [-0.25, -0.2) is 4.79 Å². The van der Waals surface area contributed by atoms with Crippen molar-refractivity contribution in [3.8, 4) is 0 Å². The number of hydrogen-bond acceptors (Lipinski definition) is 5. The zero-order valence-corrected chi connectivity index (χ0v) is 11.0. The summed E-state index contributed by atoms with van der Waals surface area (Å²) in [7, 11) is 0. The largest absolute Gasteiger partial charge is 0.479 e. The number of ketones is 1. The Morgan fingerprint density at radius 3 is 2.79 bits per heavy atom. The molecule has 1 aromatic rings. The van der Waals surface area contributed by atoms with Crippen LogP contribution < -0.4 is 5.32 Å². The molecule has 0 saturated carbocycles. The molecular weight excluding hydrogens is 270 g/mol. The number of carboxylic acid groups (broad SMARTS) is 1. The molecule has 0 fully saturated rings. The average molecular weight is 283 g/mol. The van der Waals surface area contributed by atoms with Gasteiger partial charge in [-0.1, -0.05) is 0 Å². The molecule has 2 rings (SSSR count). The van der Waals surface area contributed by atoms with E-state index in [1.807, 2.05) is 0 Å². The number of amides is 1. The number of fused-ring (bicyclic) bond motifs is 1. The van der Waals surface area contributed by atoms with Crippen LogP contribution in [0.2, 0.25) is 0 Å². The van der Waals surface area contributed by atoms with E-state index in [9.17, 15) is 19.5 Å². The summed E-state index contributed by atoms with van der Waals surface area (Å²) in [5.41, 5.74) is 0.747. The molecule has 1 aromatic heterocycles. The normalized spacial score (nSPS) is 19.7. The van der Waals surface area contributed by atoms with Gasteiger partial charge >= 0.3 is 5.97 Å². The fourth-order valence-electron chi connectivity index (χ4n) is 2.21. The molecule has 19 heavy (non-hydrogen) atoms. The molecule has 3 N–H and O–H groups in total. The van der Waals surface area contributed by atoms with Crippen LogP contribution in [0.1, 0.15) is 28.6 Å². The lowest BCUT2D eigenvalue weighted by Crippen LogP contribution is -2.37. The molecule has 1 aliphatic carbocycles. The molecule has 2 unspecified atom stereocenters. The van der Waals surface area contributed by atoms with Crippen molar-refractivity contribution in [3.63, 3.8) is 0 Å². The smallest absolute Gasteiger partial charge is 0.333 e. The van der Waals surface area contributed by atoms with Crippen molar-refractivity contribution in [2.24, 2.45) is 5.92 Å². The number of aryl methyl sites for hydroxylation is 1. The minimum absolute atomic E-state index is 0.297. The number of nitrogens with one attached hydrogen (secondary N) is 1. The number of aliphatic hydroxyl groups excluding tert-OH is 1. The molecule has 102 valence electrons. The quantitative estimate of drug-likeness (QED) is 0.764. The Balaban J connectivity index is 2.33. The molecule has 0 aromatic carbocycles. The highest BCUT2D eigenvalue weighted by Crippen LogP contribution is 2.37. The molecule has 2 atom stereocenters.